The minimum atomic E-state index is 0.865. The molecule has 2 unspecified atom stereocenters. The summed E-state index contributed by atoms with van der Waals surface area (Å²) in [6.07, 6.45) is 5.39. The average Bonchev–Trinajstić information content (AvgIpc) is 2.83. The minimum absolute atomic E-state index is 0.865. The van der Waals surface area contributed by atoms with Crippen LogP contribution in [0, 0.1) is 5.92 Å². The first-order valence-corrected chi connectivity index (χ1v) is 5.26. The predicted molar refractivity (Wildman–Crippen MR) is 53.3 cm³/mol. The van der Waals surface area contributed by atoms with Crippen LogP contribution in [0.4, 0.5) is 0 Å². The Morgan fingerprint density at radius 1 is 1.25 bits per heavy atom. The van der Waals surface area contributed by atoms with E-state index < -0.39 is 0 Å². The number of hydrogen-bond acceptors (Lipinski definition) is 2. The second-order valence-corrected chi connectivity index (χ2v) is 3.78. The van der Waals surface area contributed by atoms with Crippen LogP contribution < -0.4 is 10.6 Å². The predicted octanol–water partition coefficient (Wildman–Crippen LogP) is 1.37. The van der Waals surface area contributed by atoms with Crippen molar-refractivity contribution < 1.29 is 0 Å². The van der Waals surface area contributed by atoms with E-state index in [2.05, 4.69) is 17.6 Å². The Balaban J connectivity index is 1.78. The van der Waals surface area contributed by atoms with E-state index in [1.807, 2.05) is 7.05 Å². The molecule has 1 rings (SSSR count). The minimum Gasteiger partial charge on any atom is -0.320 e. The van der Waals surface area contributed by atoms with Crippen molar-refractivity contribution in [3.63, 3.8) is 0 Å². The zero-order valence-electron chi connectivity index (χ0n) is 8.40. The quantitative estimate of drug-likeness (QED) is 0.564. The molecular formula is C10H22N2. The average molecular weight is 170 g/mol. The van der Waals surface area contributed by atoms with Crippen molar-refractivity contribution >= 4 is 0 Å². The molecule has 1 aliphatic carbocycles. The van der Waals surface area contributed by atoms with Gasteiger partial charge >= 0.3 is 0 Å². The summed E-state index contributed by atoms with van der Waals surface area (Å²) < 4.78 is 0. The van der Waals surface area contributed by atoms with Crippen molar-refractivity contribution in [2.75, 3.05) is 20.1 Å². The summed E-state index contributed by atoms with van der Waals surface area (Å²) in [5.74, 6) is 0.995. The van der Waals surface area contributed by atoms with Crippen molar-refractivity contribution in [1.82, 2.24) is 10.6 Å². The maximum absolute atomic E-state index is 3.59. The van der Waals surface area contributed by atoms with Gasteiger partial charge in [-0.25, -0.2) is 0 Å². The largest absolute Gasteiger partial charge is 0.320 e. The van der Waals surface area contributed by atoms with Gasteiger partial charge in [0.15, 0.2) is 0 Å². The van der Waals surface area contributed by atoms with E-state index in [1.165, 1.54) is 32.2 Å². The molecule has 2 nitrogen and oxygen atoms in total. The van der Waals surface area contributed by atoms with E-state index in [1.54, 1.807) is 0 Å². The van der Waals surface area contributed by atoms with Gasteiger partial charge < -0.3 is 10.6 Å². The highest BCUT2D eigenvalue weighted by atomic mass is 15.0. The van der Waals surface area contributed by atoms with Gasteiger partial charge in [-0.1, -0.05) is 13.3 Å². The van der Waals surface area contributed by atoms with Gasteiger partial charge in [0.05, 0.1) is 0 Å². The lowest BCUT2D eigenvalue weighted by Crippen LogP contribution is -2.20. The summed E-state index contributed by atoms with van der Waals surface area (Å²) in [7, 11) is 2.02. The van der Waals surface area contributed by atoms with Crippen LogP contribution in [0.15, 0.2) is 0 Å². The molecular weight excluding hydrogens is 148 g/mol. The van der Waals surface area contributed by atoms with E-state index in [9.17, 15) is 0 Å². The molecule has 2 N–H and O–H groups in total. The van der Waals surface area contributed by atoms with E-state index >= 15 is 0 Å². The Morgan fingerprint density at radius 3 is 2.58 bits per heavy atom. The second kappa shape index (κ2) is 5.55. The van der Waals surface area contributed by atoms with Crippen LogP contribution in [0.2, 0.25) is 0 Å². The lowest BCUT2D eigenvalue weighted by atomic mass is 10.3. The molecule has 2 atom stereocenters. The van der Waals surface area contributed by atoms with Crippen molar-refractivity contribution in [3.05, 3.63) is 0 Å². The van der Waals surface area contributed by atoms with Gasteiger partial charge in [-0.15, -0.1) is 0 Å². The van der Waals surface area contributed by atoms with Crippen LogP contribution in [0.3, 0.4) is 0 Å². The number of nitrogens with one attached hydrogen (secondary N) is 2. The Hall–Kier alpha value is -0.0800. The third kappa shape index (κ3) is 3.55. The Bertz CT molecular complexity index is 114. The molecule has 0 aliphatic heterocycles. The molecule has 0 aromatic carbocycles. The van der Waals surface area contributed by atoms with Crippen LogP contribution in [-0.2, 0) is 0 Å². The van der Waals surface area contributed by atoms with Gasteiger partial charge in [-0.05, 0) is 45.3 Å². The molecule has 1 saturated carbocycles. The van der Waals surface area contributed by atoms with Crippen molar-refractivity contribution in [3.8, 4) is 0 Å². The molecule has 0 saturated heterocycles. The number of hydrogen-bond donors (Lipinski definition) is 2. The highest BCUT2D eigenvalue weighted by Crippen LogP contribution is 2.32. The van der Waals surface area contributed by atoms with Gasteiger partial charge in [0.1, 0.15) is 0 Å². The fraction of sp³-hybridized carbons (Fsp3) is 1.00. The molecule has 12 heavy (non-hydrogen) atoms. The fourth-order valence-electron chi connectivity index (χ4n) is 1.66. The summed E-state index contributed by atoms with van der Waals surface area (Å²) >= 11 is 0. The normalized spacial score (nSPS) is 27.5. The molecule has 0 amide bonds. The zero-order valence-corrected chi connectivity index (χ0v) is 8.40. The van der Waals surface area contributed by atoms with Crippen LogP contribution in [-0.4, -0.2) is 26.2 Å². The number of rotatable bonds is 7. The first-order chi connectivity index (χ1) is 5.88. The van der Waals surface area contributed by atoms with Crippen LogP contribution in [0.1, 0.15) is 32.6 Å². The summed E-state index contributed by atoms with van der Waals surface area (Å²) in [5.41, 5.74) is 0. The molecule has 0 heterocycles. The van der Waals surface area contributed by atoms with Crippen LogP contribution >= 0.6 is 0 Å². The molecule has 1 aliphatic rings. The van der Waals surface area contributed by atoms with Gasteiger partial charge in [-0.2, -0.15) is 0 Å². The van der Waals surface area contributed by atoms with Crippen LogP contribution in [0.5, 0.6) is 0 Å². The highest BCUT2D eigenvalue weighted by Gasteiger charge is 2.34. The van der Waals surface area contributed by atoms with Gasteiger partial charge in [0.25, 0.3) is 0 Å². The third-order valence-corrected chi connectivity index (χ3v) is 2.71. The third-order valence-electron chi connectivity index (χ3n) is 2.71. The number of unbranched alkanes of at least 4 members (excludes halogenated alkanes) is 1. The molecule has 1 fully saturated rings. The summed E-state index contributed by atoms with van der Waals surface area (Å²) in [6.45, 7) is 4.65. The molecule has 0 aromatic rings. The smallest absolute Gasteiger partial charge is 0.00990 e. The first kappa shape index (κ1) is 10.0. The molecule has 72 valence electrons. The van der Waals surface area contributed by atoms with Gasteiger partial charge in [0, 0.05) is 6.04 Å². The monoisotopic (exact) mass is 170 g/mol. The maximum atomic E-state index is 3.59. The van der Waals surface area contributed by atoms with Crippen molar-refractivity contribution in [2.24, 2.45) is 5.92 Å². The Morgan fingerprint density at radius 2 is 2.00 bits per heavy atom. The molecule has 0 spiro atoms. The van der Waals surface area contributed by atoms with Crippen molar-refractivity contribution in [2.45, 2.75) is 38.6 Å². The van der Waals surface area contributed by atoms with E-state index in [0.717, 1.165) is 18.5 Å². The Labute approximate surface area is 76.1 Å². The van der Waals surface area contributed by atoms with E-state index in [4.69, 9.17) is 0 Å². The molecule has 0 aromatic heterocycles. The highest BCUT2D eigenvalue weighted by molar-refractivity contribution is 4.91. The molecule has 0 radical (unpaired) electrons. The van der Waals surface area contributed by atoms with Gasteiger partial charge in [0.2, 0.25) is 0 Å². The van der Waals surface area contributed by atoms with Gasteiger partial charge in [-0.3, -0.25) is 0 Å². The standard InChI is InChI=1S/C10H22N2/c1-3-9-8-10(9)12-7-5-4-6-11-2/h9-12H,3-8H2,1-2H3. The van der Waals surface area contributed by atoms with E-state index in [-0.39, 0.29) is 0 Å². The summed E-state index contributed by atoms with van der Waals surface area (Å²) in [4.78, 5) is 0. The SMILES string of the molecule is CCC1CC1NCCCCNC. The van der Waals surface area contributed by atoms with Crippen LogP contribution in [0.25, 0.3) is 0 Å². The second-order valence-electron chi connectivity index (χ2n) is 3.78. The zero-order chi connectivity index (χ0) is 8.81. The van der Waals surface area contributed by atoms with Crippen molar-refractivity contribution in [1.29, 1.82) is 0 Å². The molecule has 0 bridgehead atoms. The van der Waals surface area contributed by atoms with E-state index in [0.29, 0.717) is 0 Å². The lowest BCUT2D eigenvalue weighted by molar-refractivity contribution is 0.577. The molecule has 2 heteroatoms. The topological polar surface area (TPSA) is 24.1 Å². The Kier molecular flexibility index (Phi) is 4.62. The summed E-state index contributed by atoms with van der Waals surface area (Å²) in [6, 6.07) is 0.865. The first-order valence-electron chi connectivity index (χ1n) is 5.26. The lowest BCUT2D eigenvalue weighted by Gasteiger charge is -2.02. The fourth-order valence-corrected chi connectivity index (χ4v) is 1.66. The summed E-state index contributed by atoms with van der Waals surface area (Å²) in [5, 5.41) is 6.75. The maximum Gasteiger partial charge on any atom is 0.00990 e.